The topological polar surface area (TPSA) is 94.3 Å². The Labute approximate surface area is 165 Å². The second-order valence-electron chi connectivity index (χ2n) is 7.16. The van der Waals surface area contributed by atoms with Crippen molar-refractivity contribution in [2.45, 2.75) is 18.9 Å². The van der Waals surface area contributed by atoms with Crippen LogP contribution in [0.5, 0.6) is 11.5 Å². The van der Waals surface area contributed by atoms with Crippen LogP contribution < -0.4 is 15.2 Å². The number of ether oxygens (including phenoxy) is 3. The fourth-order valence-electron chi connectivity index (χ4n) is 3.77. The van der Waals surface area contributed by atoms with E-state index in [0.717, 1.165) is 12.8 Å². The summed E-state index contributed by atoms with van der Waals surface area (Å²) in [6, 6.07) is 4.64. The maximum Gasteiger partial charge on any atom is 0.254 e. The summed E-state index contributed by atoms with van der Waals surface area (Å²) in [6.45, 7) is 3.29. The van der Waals surface area contributed by atoms with Gasteiger partial charge in [0.15, 0.2) is 11.5 Å². The molecule has 0 aliphatic carbocycles. The highest BCUT2D eigenvalue weighted by Crippen LogP contribution is 2.28. The Morgan fingerprint density at radius 2 is 1.64 bits per heavy atom. The van der Waals surface area contributed by atoms with Crippen LogP contribution in [-0.2, 0) is 9.53 Å². The number of hydrogen-bond donors (Lipinski definition) is 1. The van der Waals surface area contributed by atoms with E-state index < -0.39 is 6.04 Å². The summed E-state index contributed by atoms with van der Waals surface area (Å²) in [7, 11) is 3.10. The molecule has 0 saturated carbocycles. The minimum Gasteiger partial charge on any atom is -0.493 e. The van der Waals surface area contributed by atoms with E-state index in [0.29, 0.717) is 56.5 Å². The molecule has 1 atom stereocenters. The first kappa shape index (κ1) is 20.4. The number of methoxy groups -OCH3 is 2. The fraction of sp³-hybridized carbons (Fsp3) is 0.600. The van der Waals surface area contributed by atoms with Gasteiger partial charge in [-0.15, -0.1) is 0 Å². The maximum absolute atomic E-state index is 12.8. The average molecular weight is 391 g/mol. The minimum absolute atomic E-state index is 0.0230. The van der Waals surface area contributed by atoms with E-state index in [2.05, 4.69) is 0 Å². The third kappa shape index (κ3) is 4.39. The Balaban J connectivity index is 1.57. The number of amides is 2. The molecule has 2 heterocycles. The Morgan fingerprint density at radius 3 is 2.25 bits per heavy atom. The van der Waals surface area contributed by atoms with E-state index in [-0.39, 0.29) is 17.7 Å². The number of carbonyl (C=O) groups excluding carboxylic acids is 2. The highest BCUT2D eigenvalue weighted by Gasteiger charge is 2.32. The molecule has 2 aliphatic rings. The number of carbonyl (C=O) groups is 2. The second-order valence-corrected chi connectivity index (χ2v) is 7.16. The Morgan fingerprint density at radius 1 is 1.04 bits per heavy atom. The summed E-state index contributed by atoms with van der Waals surface area (Å²) in [4.78, 5) is 29.1. The molecule has 1 unspecified atom stereocenters. The van der Waals surface area contributed by atoms with Crippen molar-refractivity contribution in [2.75, 3.05) is 53.6 Å². The summed E-state index contributed by atoms with van der Waals surface area (Å²) in [5.74, 6) is 1.17. The van der Waals surface area contributed by atoms with Gasteiger partial charge in [-0.3, -0.25) is 9.59 Å². The van der Waals surface area contributed by atoms with E-state index in [9.17, 15) is 9.59 Å². The van der Waals surface area contributed by atoms with Crippen molar-refractivity contribution in [2.24, 2.45) is 11.7 Å². The summed E-state index contributed by atoms with van der Waals surface area (Å²) >= 11 is 0. The molecule has 8 heteroatoms. The van der Waals surface area contributed by atoms with Gasteiger partial charge in [0.05, 0.1) is 20.3 Å². The van der Waals surface area contributed by atoms with Gasteiger partial charge in [0.2, 0.25) is 5.91 Å². The number of rotatable bonds is 5. The van der Waals surface area contributed by atoms with Gasteiger partial charge in [0, 0.05) is 45.0 Å². The number of piperazine rings is 1. The molecule has 3 rings (SSSR count). The zero-order valence-corrected chi connectivity index (χ0v) is 16.6. The smallest absolute Gasteiger partial charge is 0.254 e. The van der Waals surface area contributed by atoms with E-state index in [4.69, 9.17) is 19.9 Å². The van der Waals surface area contributed by atoms with Crippen LogP contribution in [0.3, 0.4) is 0 Å². The van der Waals surface area contributed by atoms with Crippen LogP contribution in [0.15, 0.2) is 18.2 Å². The molecule has 8 nitrogen and oxygen atoms in total. The lowest BCUT2D eigenvalue weighted by Gasteiger charge is -2.37. The highest BCUT2D eigenvalue weighted by molar-refractivity contribution is 5.95. The Hall–Kier alpha value is -2.32. The SMILES string of the molecule is COc1ccc(C(=O)N2CCN(C(=O)C(N)C3CCOCC3)CC2)cc1OC. The third-order valence-corrected chi connectivity index (χ3v) is 5.57. The van der Waals surface area contributed by atoms with Gasteiger partial charge >= 0.3 is 0 Å². The quantitative estimate of drug-likeness (QED) is 0.796. The van der Waals surface area contributed by atoms with Crippen molar-refractivity contribution in [3.05, 3.63) is 23.8 Å². The first-order valence-corrected chi connectivity index (χ1v) is 9.68. The van der Waals surface area contributed by atoms with Crippen molar-refractivity contribution >= 4 is 11.8 Å². The van der Waals surface area contributed by atoms with Gasteiger partial charge in [-0.1, -0.05) is 0 Å². The van der Waals surface area contributed by atoms with Gasteiger partial charge < -0.3 is 29.7 Å². The second kappa shape index (κ2) is 9.25. The molecule has 28 heavy (non-hydrogen) atoms. The molecule has 1 aromatic rings. The van der Waals surface area contributed by atoms with Crippen LogP contribution in [0, 0.1) is 5.92 Å². The van der Waals surface area contributed by atoms with Crippen LogP contribution in [0.4, 0.5) is 0 Å². The highest BCUT2D eigenvalue weighted by atomic mass is 16.5. The molecule has 2 saturated heterocycles. The predicted octanol–water partition coefficient (Wildman–Crippen LogP) is 0.742. The third-order valence-electron chi connectivity index (χ3n) is 5.57. The molecule has 0 bridgehead atoms. The van der Waals surface area contributed by atoms with Gasteiger partial charge in [0.1, 0.15) is 0 Å². The fourth-order valence-corrected chi connectivity index (χ4v) is 3.77. The van der Waals surface area contributed by atoms with Crippen LogP contribution in [0.1, 0.15) is 23.2 Å². The van der Waals surface area contributed by atoms with E-state index in [1.54, 1.807) is 35.1 Å². The van der Waals surface area contributed by atoms with Crippen molar-refractivity contribution < 1.29 is 23.8 Å². The number of hydrogen-bond acceptors (Lipinski definition) is 6. The van der Waals surface area contributed by atoms with Crippen LogP contribution in [-0.4, -0.2) is 81.3 Å². The molecule has 0 spiro atoms. The van der Waals surface area contributed by atoms with Crippen LogP contribution in [0.2, 0.25) is 0 Å². The van der Waals surface area contributed by atoms with Gasteiger partial charge in [-0.2, -0.15) is 0 Å². The molecule has 2 N–H and O–H groups in total. The predicted molar refractivity (Wildman–Crippen MR) is 104 cm³/mol. The lowest BCUT2D eigenvalue weighted by molar-refractivity contribution is -0.136. The summed E-state index contributed by atoms with van der Waals surface area (Å²) in [5.41, 5.74) is 6.75. The lowest BCUT2D eigenvalue weighted by Crippen LogP contribution is -2.56. The van der Waals surface area contributed by atoms with Crippen molar-refractivity contribution in [3.63, 3.8) is 0 Å². The van der Waals surface area contributed by atoms with Crippen molar-refractivity contribution in [1.29, 1.82) is 0 Å². The molecule has 0 aromatic heterocycles. The first-order chi connectivity index (χ1) is 13.5. The van der Waals surface area contributed by atoms with E-state index in [1.807, 2.05) is 0 Å². The minimum atomic E-state index is -0.489. The van der Waals surface area contributed by atoms with Crippen LogP contribution in [0.25, 0.3) is 0 Å². The molecular weight excluding hydrogens is 362 g/mol. The van der Waals surface area contributed by atoms with Gasteiger partial charge in [0.25, 0.3) is 5.91 Å². The zero-order chi connectivity index (χ0) is 20.1. The van der Waals surface area contributed by atoms with E-state index in [1.165, 1.54) is 7.11 Å². The number of benzene rings is 1. The average Bonchev–Trinajstić information content (AvgIpc) is 2.77. The molecule has 154 valence electrons. The summed E-state index contributed by atoms with van der Waals surface area (Å²) < 4.78 is 15.8. The zero-order valence-electron chi connectivity index (χ0n) is 16.6. The molecule has 2 fully saturated rings. The first-order valence-electron chi connectivity index (χ1n) is 9.68. The maximum atomic E-state index is 12.8. The molecule has 1 aromatic carbocycles. The number of nitrogens with zero attached hydrogens (tertiary/aromatic N) is 2. The van der Waals surface area contributed by atoms with Crippen molar-refractivity contribution in [3.8, 4) is 11.5 Å². The van der Waals surface area contributed by atoms with Crippen LogP contribution >= 0.6 is 0 Å². The standard InChI is InChI=1S/C20H29N3O5/c1-26-16-4-3-15(13-17(16)27-2)19(24)22-7-9-23(10-8-22)20(25)18(21)14-5-11-28-12-6-14/h3-4,13-14,18H,5-12,21H2,1-2H3. The molecule has 0 radical (unpaired) electrons. The summed E-state index contributed by atoms with van der Waals surface area (Å²) in [6.07, 6.45) is 1.65. The molecule has 2 aliphatic heterocycles. The van der Waals surface area contributed by atoms with Gasteiger partial charge in [-0.05, 0) is 37.0 Å². The molecule has 2 amide bonds. The Kier molecular flexibility index (Phi) is 6.74. The van der Waals surface area contributed by atoms with E-state index >= 15 is 0 Å². The lowest BCUT2D eigenvalue weighted by atomic mass is 9.91. The monoisotopic (exact) mass is 391 g/mol. The van der Waals surface area contributed by atoms with Gasteiger partial charge in [-0.25, -0.2) is 0 Å². The Bertz CT molecular complexity index is 697. The number of nitrogens with two attached hydrogens (primary N) is 1. The largest absolute Gasteiger partial charge is 0.493 e. The normalized spacial score (nSPS) is 19.2. The summed E-state index contributed by atoms with van der Waals surface area (Å²) in [5, 5.41) is 0. The van der Waals surface area contributed by atoms with Crippen molar-refractivity contribution in [1.82, 2.24) is 9.80 Å². The molecular formula is C20H29N3O5.